The number of hydrogen-bond donors (Lipinski definition) is 1. The predicted molar refractivity (Wildman–Crippen MR) is 114 cm³/mol. The summed E-state index contributed by atoms with van der Waals surface area (Å²) in [5.74, 6) is -1.04. The predicted octanol–water partition coefficient (Wildman–Crippen LogP) is 3.60. The normalized spacial score (nSPS) is 10.9. The van der Waals surface area contributed by atoms with Crippen LogP contribution in [0.4, 0.5) is 4.39 Å². The first-order chi connectivity index (χ1) is 15.2. The van der Waals surface area contributed by atoms with Crippen molar-refractivity contribution in [1.82, 2.24) is 20.2 Å². The van der Waals surface area contributed by atoms with Gasteiger partial charge in [-0.1, -0.05) is 30.3 Å². The van der Waals surface area contributed by atoms with Gasteiger partial charge < -0.3 is 4.74 Å². The fourth-order valence-electron chi connectivity index (χ4n) is 2.84. The zero-order chi connectivity index (χ0) is 21.5. The number of nitrogens with one attached hydrogen (secondary N) is 1. The van der Waals surface area contributed by atoms with Crippen LogP contribution in [0.15, 0.2) is 90.4 Å². The number of hydrogen-bond acceptors (Lipinski definition) is 5. The maximum Gasteiger partial charge on any atom is 0.277 e. The highest BCUT2D eigenvalue weighted by Gasteiger charge is 2.11. The molecule has 0 bridgehead atoms. The van der Waals surface area contributed by atoms with Crippen molar-refractivity contribution < 1.29 is 13.9 Å². The summed E-state index contributed by atoms with van der Waals surface area (Å²) >= 11 is 0. The summed E-state index contributed by atoms with van der Waals surface area (Å²) in [5.41, 5.74) is 5.52. The van der Waals surface area contributed by atoms with E-state index in [-0.39, 0.29) is 12.4 Å². The van der Waals surface area contributed by atoms with Gasteiger partial charge in [-0.15, -0.1) is 0 Å². The Bertz CT molecular complexity index is 1190. The highest BCUT2D eigenvalue weighted by molar-refractivity contribution is 5.89. The average Bonchev–Trinajstić information content (AvgIpc) is 3.24. The Morgan fingerprint density at radius 3 is 2.58 bits per heavy atom. The second-order valence-electron chi connectivity index (χ2n) is 6.46. The number of carbonyl (C=O) groups is 1. The largest absolute Gasteiger partial charge is 0.481 e. The number of amides is 1. The Kier molecular flexibility index (Phi) is 6.08. The number of carbonyl (C=O) groups excluding carboxylic acids is 1. The van der Waals surface area contributed by atoms with Crippen molar-refractivity contribution in [3.63, 3.8) is 0 Å². The van der Waals surface area contributed by atoms with Gasteiger partial charge in [0.1, 0.15) is 5.69 Å². The van der Waals surface area contributed by atoms with Crippen LogP contribution in [0.2, 0.25) is 0 Å². The zero-order valence-corrected chi connectivity index (χ0v) is 16.4. The van der Waals surface area contributed by atoms with Gasteiger partial charge in [0.2, 0.25) is 0 Å². The van der Waals surface area contributed by atoms with E-state index in [1.54, 1.807) is 29.2 Å². The maximum atomic E-state index is 13.6. The third-order valence-electron chi connectivity index (χ3n) is 4.31. The Labute approximate surface area is 177 Å². The number of pyridine rings is 1. The van der Waals surface area contributed by atoms with Gasteiger partial charge in [-0.05, 0) is 36.4 Å². The highest BCUT2D eigenvalue weighted by Crippen LogP contribution is 2.22. The van der Waals surface area contributed by atoms with Gasteiger partial charge in [0.05, 0.1) is 11.9 Å². The molecule has 0 aliphatic heterocycles. The first kappa shape index (κ1) is 20.0. The van der Waals surface area contributed by atoms with E-state index in [0.717, 1.165) is 11.3 Å². The van der Waals surface area contributed by atoms with E-state index in [2.05, 4.69) is 20.6 Å². The maximum absolute atomic E-state index is 13.6. The number of rotatable bonds is 7. The van der Waals surface area contributed by atoms with Crippen molar-refractivity contribution >= 4 is 12.1 Å². The fraction of sp³-hybridized carbons (Fsp3) is 0.0435. The molecule has 0 saturated heterocycles. The molecule has 0 fully saturated rings. The van der Waals surface area contributed by atoms with Gasteiger partial charge >= 0.3 is 0 Å². The van der Waals surface area contributed by atoms with Crippen LogP contribution in [-0.2, 0) is 4.79 Å². The molecule has 154 valence electrons. The Morgan fingerprint density at radius 2 is 1.81 bits per heavy atom. The molecule has 4 aromatic rings. The SMILES string of the molecule is O=C(COc1ccccc1F)N/N=C\c1cn(-c2ccccc2)nc1-c1ccncc1. The monoisotopic (exact) mass is 415 g/mol. The summed E-state index contributed by atoms with van der Waals surface area (Å²) in [7, 11) is 0. The second-order valence-corrected chi connectivity index (χ2v) is 6.46. The molecule has 2 aromatic heterocycles. The van der Waals surface area contributed by atoms with Crippen LogP contribution >= 0.6 is 0 Å². The van der Waals surface area contributed by atoms with Crippen molar-refractivity contribution in [3.05, 3.63) is 96.7 Å². The summed E-state index contributed by atoms with van der Waals surface area (Å²) in [6.45, 7) is -0.362. The summed E-state index contributed by atoms with van der Waals surface area (Å²) < 4.78 is 20.5. The average molecular weight is 415 g/mol. The van der Waals surface area contributed by atoms with E-state index in [1.807, 2.05) is 48.7 Å². The molecule has 0 atom stereocenters. The first-order valence-electron chi connectivity index (χ1n) is 9.45. The van der Waals surface area contributed by atoms with E-state index in [4.69, 9.17) is 4.74 Å². The molecule has 0 unspecified atom stereocenters. The van der Waals surface area contributed by atoms with Gasteiger partial charge in [-0.25, -0.2) is 14.5 Å². The van der Waals surface area contributed by atoms with Crippen molar-refractivity contribution in [1.29, 1.82) is 0 Å². The van der Waals surface area contributed by atoms with Crippen LogP contribution in [0.1, 0.15) is 5.56 Å². The van der Waals surface area contributed by atoms with Crippen molar-refractivity contribution in [3.8, 4) is 22.7 Å². The van der Waals surface area contributed by atoms with Crippen LogP contribution in [-0.4, -0.2) is 33.5 Å². The Balaban J connectivity index is 1.49. The first-order valence-corrected chi connectivity index (χ1v) is 9.45. The minimum atomic E-state index is -0.533. The summed E-state index contributed by atoms with van der Waals surface area (Å²) in [6, 6.07) is 19.2. The molecule has 0 saturated carbocycles. The van der Waals surface area contributed by atoms with Gasteiger partial charge in [0.25, 0.3) is 5.91 Å². The summed E-state index contributed by atoms with van der Waals surface area (Å²) in [6.07, 6.45) is 6.68. The Morgan fingerprint density at radius 1 is 1.06 bits per heavy atom. The van der Waals surface area contributed by atoms with Crippen molar-refractivity contribution in [2.75, 3.05) is 6.61 Å². The minimum Gasteiger partial charge on any atom is -0.481 e. The lowest BCUT2D eigenvalue weighted by atomic mass is 10.1. The van der Waals surface area contributed by atoms with E-state index < -0.39 is 11.7 Å². The third kappa shape index (κ3) is 4.99. The number of ether oxygens (including phenoxy) is 1. The lowest BCUT2D eigenvalue weighted by molar-refractivity contribution is -0.123. The van der Waals surface area contributed by atoms with E-state index in [9.17, 15) is 9.18 Å². The molecule has 1 N–H and O–H groups in total. The van der Waals surface area contributed by atoms with Gasteiger partial charge in [-0.3, -0.25) is 9.78 Å². The highest BCUT2D eigenvalue weighted by atomic mass is 19.1. The summed E-state index contributed by atoms with van der Waals surface area (Å²) in [4.78, 5) is 16.0. The molecule has 8 heteroatoms. The van der Waals surface area contributed by atoms with Crippen LogP contribution in [0, 0.1) is 5.82 Å². The second kappa shape index (κ2) is 9.45. The Hall–Kier alpha value is -4.33. The van der Waals surface area contributed by atoms with Crippen molar-refractivity contribution in [2.45, 2.75) is 0 Å². The topological polar surface area (TPSA) is 81.4 Å². The quantitative estimate of drug-likeness (QED) is 0.369. The standard InChI is InChI=1S/C23H18FN5O2/c24-20-8-4-5-9-21(20)31-16-22(30)27-26-14-18-15-29(19-6-2-1-3-7-19)28-23(18)17-10-12-25-13-11-17/h1-15H,16H2,(H,27,30)/b26-14-. The van der Waals surface area contributed by atoms with Crippen LogP contribution in [0.3, 0.4) is 0 Å². The number of benzene rings is 2. The fourth-order valence-corrected chi connectivity index (χ4v) is 2.84. The third-order valence-corrected chi connectivity index (χ3v) is 4.31. The molecular weight excluding hydrogens is 397 g/mol. The molecular formula is C23H18FN5O2. The molecule has 2 heterocycles. The number of para-hydroxylation sites is 2. The molecule has 0 radical (unpaired) electrons. The van der Waals surface area contributed by atoms with Gasteiger partial charge in [0.15, 0.2) is 18.2 Å². The van der Waals surface area contributed by atoms with Gasteiger partial charge in [-0.2, -0.15) is 10.2 Å². The number of aromatic nitrogens is 3. The molecule has 4 rings (SSSR count). The number of hydrazone groups is 1. The van der Waals surface area contributed by atoms with Crippen molar-refractivity contribution in [2.24, 2.45) is 5.10 Å². The minimum absolute atomic E-state index is 0.00532. The molecule has 0 aliphatic carbocycles. The smallest absolute Gasteiger partial charge is 0.277 e. The lowest BCUT2D eigenvalue weighted by Crippen LogP contribution is -2.24. The van der Waals surface area contributed by atoms with E-state index in [1.165, 1.54) is 18.3 Å². The molecule has 7 nitrogen and oxygen atoms in total. The molecule has 0 spiro atoms. The van der Waals surface area contributed by atoms with Crippen LogP contribution in [0.5, 0.6) is 5.75 Å². The molecule has 2 aromatic carbocycles. The zero-order valence-electron chi connectivity index (χ0n) is 16.4. The van der Waals surface area contributed by atoms with Crippen LogP contribution in [0.25, 0.3) is 16.9 Å². The molecule has 31 heavy (non-hydrogen) atoms. The number of halogens is 1. The molecule has 1 amide bonds. The van der Waals surface area contributed by atoms with Gasteiger partial charge in [0, 0.05) is 29.7 Å². The molecule has 0 aliphatic rings. The van der Waals surface area contributed by atoms with Crippen LogP contribution < -0.4 is 10.2 Å². The number of nitrogens with zero attached hydrogens (tertiary/aromatic N) is 4. The van der Waals surface area contributed by atoms with E-state index in [0.29, 0.717) is 11.3 Å². The summed E-state index contributed by atoms with van der Waals surface area (Å²) in [5, 5.41) is 8.65. The lowest BCUT2D eigenvalue weighted by Gasteiger charge is -2.05. The van der Waals surface area contributed by atoms with E-state index >= 15 is 0 Å².